The summed E-state index contributed by atoms with van der Waals surface area (Å²) in [5.41, 5.74) is 1.17. The number of piperidine rings is 1. The zero-order valence-electron chi connectivity index (χ0n) is 46.0. The molecule has 0 spiro atoms. The first-order chi connectivity index (χ1) is 34.5. The number of Topliss-reactive ketones (excluding diaryl/α,β-unsaturated/α-hetero) is 3. The predicted molar refractivity (Wildman–Crippen MR) is 278 cm³/mol. The largest absolute Gasteiger partial charge is 0.460 e. The number of ketones is 3. The Hall–Kier alpha value is -3.18. The van der Waals surface area contributed by atoms with E-state index in [2.05, 4.69) is 0 Å². The highest BCUT2D eigenvalue weighted by Crippen LogP contribution is 2.49. The maximum atomic E-state index is 14.6. The number of aliphatic hydroxyl groups excluding tert-OH is 1. The van der Waals surface area contributed by atoms with Crippen LogP contribution in [0.4, 0.5) is 0 Å². The van der Waals surface area contributed by atoms with Crippen LogP contribution in [0.5, 0.6) is 0 Å². The lowest BCUT2D eigenvalue weighted by Crippen LogP contribution is -2.61. The molecule has 1 saturated carbocycles. The van der Waals surface area contributed by atoms with Crippen LogP contribution < -0.4 is 0 Å². The second-order valence-corrected chi connectivity index (χ2v) is 23.6. The van der Waals surface area contributed by atoms with Crippen molar-refractivity contribution >= 4 is 36.8 Å². The minimum atomic E-state index is -3.35. The normalized spacial score (nSPS) is 35.9. The standard InChI is InChI=1S/C56H90NO15P/c1-13-14-28-69-73(12,65)72-46-26-24-42(32-49(46)67-10)31-38(5)48-34-45(58)37(4)30-40(7)51(60)52(68-11)50(59)39(6)29-35(2)20-16-15-17-21-36(3)47(66-9)33-43-25-23-41(8)56(64,71-43)53(61)54(62)57-27-19-18-22-44(57)55(63)70-48/h15-17,20-21,30,35,38-44,46-49,51-52,60,64H,13-14,18-19,22-29,31-34H2,1-12H3/t35-,38-,39-,40?,41-,42?,43+,44?,46-,47+,48?,49-,51-,52+,56-,73?/m1/s1. The zero-order chi connectivity index (χ0) is 54.2. The van der Waals surface area contributed by atoms with Crippen molar-refractivity contribution in [3.8, 4) is 0 Å². The van der Waals surface area contributed by atoms with Gasteiger partial charge in [0.05, 0.1) is 37.1 Å². The van der Waals surface area contributed by atoms with Crippen molar-refractivity contribution in [1.82, 2.24) is 4.90 Å². The number of cyclic esters (lactones) is 1. The number of hydrogen-bond donors (Lipinski definition) is 2. The van der Waals surface area contributed by atoms with Crippen molar-refractivity contribution in [3.05, 3.63) is 47.6 Å². The van der Waals surface area contributed by atoms with E-state index in [1.165, 1.54) is 18.7 Å². The Labute approximate surface area is 435 Å². The molecule has 0 aromatic carbocycles. The molecule has 3 aliphatic heterocycles. The second kappa shape index (κ2) is 29.4. The van der Waals surface area contributed by atoms with Gasteiger partial charge in [-0.1, -0.05) is 84.4 Å². The first-order valence-electron chi connectivity index (χ1n) is 26.9. The van der Waals surface area contributed by atoms with Crippen LogP contribution >= 0.6 is 7.60 Å². The molecular weight excluding hydrogens is 958 g/mol. The fourth-order valence-electron chi connectivity index (χ4n) is 10.9. The third-order valence-corrected chi connectivity index (χ3v) is 16.9. The minimum Gasteiger partial charge on any atom is -0.460 e. The lowest BCUT2D eigenvalue weighted by Gasteiger charge is -2.42. The monoisotopic (exact) mass is 1050 g/mol. The second-order valence-electron chi connectivity index (χ2n) is 21.6. The van der Waals surface area contributed by atoms with Gasteiger partial charge in [0.15, 0.2) is 11.6 Å². The predicted octanol–water partition coefficient (Wildman–Crippen LogP) is 8.84. The van der Waals surface area contributed by atoms with Crippen molar-refractivity contribution in [2.24, 2.45) is 35.5 Å². The average Bonchev–Trinajstić information content (AvgIpc) is 3.35. The van der Waals surface area contributed by atoms with Gasteiger partial charge < -0.3 is 47.8 Å². The number of allylic oxidation sites excluding steroid dienone is 6. The van der Waals surface area contributed by atoms with Crippen LogP contribution in [0.15, 0.2) is 47.6 Å². The summed E-state index contributed by atoms with van der Waals surface area (Å²) in [6, 6.07) is -1.17. The summed E-state index contributed by atoms with van der Waals surface area (Å²) < 4.78 is 54.7. The molecular formula is C56H90NO15P. The molecule has 17 heteroatoms. The van der Waals surface area contributed by atoms with E-state index in [1.807, 2.05) is 65.0 Å². The van der Waals surface area contributed by atoms with Crippen LogP contribution in [0.3, 0.4) is 0 Å². The molecule has 0 aromatic heterocycles. The van der Waals surface area contributed by atoms with Gasteiger partial charge >= 0.3 is 13.6 Å². The topological polar surface area (TPSA) is 211 Å². The molecule has 2 bridgehead atoms. The number of unbranched alkanes of at least 4 members (excludes halogenated alkanes) is 1. The number of carbonyl (C=O) groups is 5. The van der Waals surface area contributed by atoms with Crippen molar-refractivity contribution in [2.75, 3.05) is 41.1 Å². The number of aliphatic hydroxyl groups is 2. The molecule has 4 rings (SSSR count). The number of hydrogen-bond acceptors (Lipinski definition) is 15. The van der Waals surface area contributed by atoms with Gasteiger partial charge in [-0.15, -0.1) is 0 Å². The molecule has 1 amide bonds. The third-order valence-electron chi connectivity index (χ3n) is 15.6. The molecule has 1 aliphatic carbocycles. The van der Waals surface area contributed by atoms with Crippen molar-refractivity contribution in [3.63, 3.8) is 0 Å². The van der Waals surface area contributed by atoms with E-state index in [1.54, 1.807) is 41.1 Å². The number of carbonyl (C=O) groups excluding carboxylic acids is 5. The Balaban J connectivity index is 1.68. The quantitative estimate of drug-likeness (QED) is 0.0809. The number of methoxy groups -OCH3 is 3. The van der Waals surface area contributed by atoms with Gasteiger partial charge in [-0.3, -0.25) is 23.7 Å². The van der Waals surface area contributed by atoms with E-state index in [0.29, 0.717) is 76.4 Å². The number of amides is 1. The number of rotatable bonds is 12. The molecule has 0 aromatic rings. The third kappa shape index (κ3) is 17.7. The summed E-state index contributed by atoms with van der Waals surface area (Å²) in [4.78, 5) is 72.5. The fraction of sp³-hybridized carbons (Fsp3) is 0.768. The number of ether oxygens (including phenoxy) is 5. The zero-order valence-corrected chi connectivity index (χ0v) is 46.9. The highest BCUT2D eigenvalue weighted by molar-refractivity contribution is 7.53. The van der Waals surface area contributed by atoms with Crippen LogP contribution in [0.2, 0.25) is 0 Å². The Morgan fingerprint density at radius 1 is 0.890 bits per heavy atom. The molecule has 3 fully saturated rings. The van der Waals surface area contributed by atoms with E-state index in [-0.39, 0.29) is 42.8 Å². The van der Waals surface area contributed by atoms with Crippen LogP contribution in [0.25, 0.3) is 0 Å². The summed E-state index contributed by atoms with van der Waals surface area (Å²) >= 11 is 0. The van der Waals surface area contributed by atoms with Gasteiger partial charge in [0.2, 0.25) is 5.79 Å². The highest BCUT2D eigenvalue weighted by atomic mass is 31.2. The molecule has 414 valence electrons. The van der Waals surface area contributed by atoms with E-state index < -0.39 is 103 Å². The van der Waals surface area contributed by atoms with Gasteiger partial charge in [0.1, 0.15) is 18.2 Å². The van der Waals surface area contributed by atoms with E-state index in [0.717, 1.165) is 18.4 Å². The first-order valence-corrected chi connectivity index (χ1v) is 28.9. The summed E-state index contributed by atoms with van der Waals surface area (Å²) in [6.07, 6.45) is 12.6. The van der Waals surface area contributed by atoms with Crippen molar-refractivity contribution in [1.29, 1.82) is 0 Å². The molecule has 4 aliphatic rings. The maximum Gasteiger partial charge on any atom is 0.329 e. The fourth-order valence-corrected chi connectivity index (χ4v) is 12.1. The van der Waals surface area contributed by atoms with Crippen molar-refractivity contribution < 1.29 is 71.5 Å². The summed E-state index contributed by atoms with van der Waals surface area (Å²) in [5.74, 6) is -8.22. The number of nitrogens with zero attached hydrogens (tertiary/aromatic N) is 1. The van der Waals surface area contributed by atoms with Gasteiger partial charge in [-0.25, -0.2) is 4.79 Å². The van der Waals surface area contributed by atoms with Gasteiger partial charge in [-0.05, 0) is 113 Å². The van der Waals surface area contributed by atoms with E-state index in [9.17, 15) is 38.8 Å². The van der Waals surface area contributed by atoms with Gasteiger partial charge in [-0.2, -0.15) is 0 Å². The van der Waals surface area contributed by atoms with Crippen LogP contribution in [0.1, 0.15) is 145 Å². The van der Waals surface area contributed by atoms with Crippen LogP contribution in [-0.4, -0.2) is 140 Å². The summed E-state index contributed by atoms with van der Waals surface area (Å²) in [5, 5.41) is 23.6. The van der Waals surface area contributed by atoms with Gasteiger partial charge in [0, 0.05) is 65.1 Å². The molecule has 16 nitrogen and oxygen atoms in total. The highest BCUT2D eigenvalue weighted by Gasteiger charge is 2.53. The Bertz CT molecular complexity index is 2020. The first kappa shape index (κ1) is 62.4. The Kier molecular flexibility index (Phi) is 25.1. The minimum absolute atomic E-state index is 0.00895. The lowest BCUT2D eigenvalue weighted by atomic mass is 9.78. The smallest absolute Gasteiger partial charge is 0.329 e. The maximum absolute atomic E-state index is 14.6. The van der Waals surface area contributed by atoms with E-state index in [4.69, 9.17) is 32.7 Å². The van der Waals surface area contributed by atoms with Crippen molar-refractivity contribution in [2.45, 2.75) is 200 Å². The Morgan fingerprint density at radius 2 is 1.62 bits per heavy atom. The molecule has 73 heavy (non-hydrogen) atoms. The number of fused-ring (bicyclic) bond motifs is 3. The summed E-state index contributed by atoms with van der Waals surface area (Å²) in [6.45, 7) is 16.5. The van der Waals surface area contributed by atoms with Crippen LogP contribution in [0, 0.1) is 35.5 Å². The number of esters is 1. The molecule has 5 unspecified atom stereocenters. The molecule has 16 atom stereocenters. The lowest BCUT2D eigenvalue weighted by molar-refractivity contribution is -0.265. The van der Waals surface area contributed by atoms with Crippen LogP contribution in [-0.2, 0) is 61.3 Å². The molecule has 2 saturated heterocycles. The Morgan fingerprint density at radius 3 is 2.29 bits per heavy atom. The average molecular weight is 1050 g/mol. The molecule has 2 N–H and O–H groups in total. The van der Waals surface area contributed by atoms with E-state index >= 15 is 0 Å². The molecule has 3 heterocycles. The summed E-state index contributed by atoms with van der Waals surface area (Å²) in [7, 11) is 1.19. The molecule has 0 radical (unpaired) electrons. The van der Waals surface area contributed by atoms with Gasteiger partial charge in [0.25, 0.3) is 11.7 Å². The SMILES string of the molecule is CCCCOP(C)(=O)O[C@@H]1CCC(C[C@@H](C)C2CC(=O)C(C)=CC(C)[C@@H](O)[C@@H](OC)C(=O)[C@H](C)C[C@H](C)C=CC=CC=C(C)[C@@H](OC)C[C@@H]3CC[C@@H](C)[C@@](O)(O3)C(=O)C(=O)N3CCCCC3C(=O)O2)C[C@H]1OC.